The Hall–Kier alpha value is -4.05. The van der Waals surface area contributed by atoms with Crippen LogP contribution < -0.4 is 15.4 Å². The smallest absolute Gasteiger partial charge is 0.410 e. The number of rotatable bonds is 5. The van der Waals surface area contributed by atoms with Crippen LogP contribution >= 0.6 is 11.6 Å². The normalized spacial score (nSPS) is 13.8. The molecule has 2 aromatic heterocycles. The van der Waals surface area contributed by atoms with Gasteiger partial charge in [-0.3, -0.25) is 0 Å². The van der Waals surface area contributed by atoms with Gasteiger partial charge in [0.2, 0.25) is 0 Å². The Kier molecular flexibility index (Phi) is 7.40. The van der Waals surface area contributed by atoms with Crippen LogP contribution in [-0.2, 0) is 4.74 Å². The van der Waals surface area contributed by atoms with Crippen LogP contribution in [0.2, 0.25) is 5.02 Å². The van der Waals surface area contributed by atoms with Gasteiger partial charge in [-0.15, -0.1) is 0 Å². The minimum Gasteiger partial charge on any atom is -0.478 e. The average molecular weight is 526 g/mol. The monoisotopic (exact) mass is 525 g/mol. The van der Waals surface area contributed by atoms with E-state index in [2.05, 4.69) is 14.9 Å². The zero-order valence-corrected chi connectivity index (χ0v) is 21.5. The molecule has 0 spiro atoms. The molecule has 1 saturated heterocycles. The first-order chi connectivity index (χ1) is 17.5. The van der Waals surface area contributed by atoms with E-state index in [0.717, 1.165) is 5.82 Å². The largest absolute Gasteiger partial charge is 0.478 e. The summed E-state index contributed by atoms with van der Waals surface area (Å²) in [7, 11) is 0. The first-order valence-electron chi connectivity index (χ1n) is 11.7. The minimum absolute atomic E-state index is 0.0627. The van der Waals surface area contributed by atoms with Crippen molar-refractivity contribution in [2.45, 2.75) is 26.4 Å². The molecule has 0 atom stereocenters. The molecule has 1 aliphatic heterocycles. The minimum atomic E-state index is -1.21. The third-order valence-electron chi connectivity index (χ3n) is 5.61. The van der Waals surface area contributed by atoms with Crippen molar-refractivity contribution < 1.29 is 24.2 Å². The molecular weight excluding hydrogens is 498 g/mol. The number of pyridine rings is 2. The van der Waals surface area contributed by atoms with E-state index in [1.165, 1.54) is 18.3 Å². The zero-order chi connectivity index (χ0) is 26.7. The number of amides is 1. The molecule has 1 amide bonds. The van der Waals surface area contributed by atoms with Gasteiger partial charge in [0.05, 0.1) is 11.2 Å². The molecule has 4 rings (SSSR count). The number of carboxylic acid groups (broad SMARTS) is 1. The van der Waals surface area contributed by atoms with Crippen molar-refractivity contribution in [3.05, 3.63) is 59.4 Å². The first kappa shape index (κ1) is 26.0. The average Bonchev–Trinajstić information content (AvgIpc) is 2.84. The van der Waals surface area contributed by atoms with Crippen LogP contribution in [0.1, 0.15) is 31.1 Å². The van der Waals surface area contributed by atoms with E-state index in [1.54, 1.807) is 23.2 Å². The van der Waals surface area contributed by atoms with E-state index in [4.69, 9.17) is 26.8 Å². The zero-order valence-electron chi connectivity index (χ0n) is 20.8. The summed E-state index contributed by atoms with van der Waals surface area (Å²) in [6, 6.07) is 10.00. The molecule has 0 aliphatic carbocycles. The number of anilines is 2. The fraction of sp³-hybridized carbons (Fsp3) is 0.308. The SMILES string of the molecule is CC(C)(C)OC(=O)N1CCN(c2ccc(-c3cc(N)ncc3Oc3cccc(Cl)c3C(=O)O)cn2)CC1. The lowest BCUT2D eigenvalue weighted by Crippen LogP contribution is -2.50. The highest BCUT2D eigenvalue weighted by molar-refractivity contribution is 6.33. The van der Waals surface area contributed by atoms with Crippen LogP contribution in [0.5, 0.6) is 11.5 Å². The fourth-order valence-corrected chi connectivity index (χ4v) is 4.11. The maximum absolute atomic E-state index is 12.3. The van der Waals surface area contributed by atoms with Crippen molar-refractivity contribution in [3.63, 3.8) is 0 Å². The number of aromatic nitrogens is 2. The molecule has 1 fully saturated rings. The van der Waals surface area contributed by atoms with Crippen molar-refractivity contribution in [2.75, 3.05) is 36.8 Å². The number of nitrogens with zero attached hydrogens (tertiary/aromatic N) is 4. The Bertz CT molecular complexity index is 1300. The van der Waals surface area contributed by atoms with Crippen LogP contribution in [0.15, 0.2) is 48.8 Å². The van der Waals surface area contributed by atoms with Gasteiger partial charge in [-0.1, -0.05) is 17.7 Å². The molecule has 194 valence electrons. The number of benzene rings is 1. The second kappa shape index (κ2) is 10.5. The van der Waals surface area contributed by atoms with Gasteiger partial charge < -0.3 is 30.1 Å². The van der Waals surface area contributed by atoms with Crippen LogP contribution in [0, 0.1) is 0 Å². The summed E-state index contributed by atoms with van der Waals surface area (Å²) in [4.78, 5) is 36.5. The molecule has 3 N–H and O–H groups in total. The molecule has 1 aromatic carbocycles. The van der Waals surface area contributed by atoms with Gasteiger partial charge in [-0.25, -0.2) is 19.6 Å². The van der Waals surface area contributed by atoms with Gasteiger partial charge in [0.25, 0.3) is 0 Å². The number of hydrogen-bond donors (Lipinski definition) is 2. The fourth-order valence-electron chi connectivity index (χ4n) is 3.86. The number of nitrogen functional groups attached to an aromatic ring is 1. The van der Waals surface area contributed by atoms with Gasteiger partial charge in [0, 0.05) is 43.5 Å². The summed E-state index contributed by atoms with van der Waals surface area (Å²) < 4.78 is 11.4. The quantitative estimate of drug-likeness (QED) is 0.476. The molecular formula is C26H28ClN5O5. The van der Waals surface area contributed by atoms with Gasteiger partial charge in [-0.2, -0.15) is 0 Å². The maximum atomic E-state index is 12.3. The van der Waals surface area contributed by atoms with Crippen LogP contribution in [0.25, 0.3) is 11.1 Å². The number of nitrogens with two attached hydrogens (primary N) is 1. The van der Waals surface area contributed by atoms with Gasteiger partial charge in [-0.05, 0) is 51.1 Å². The Morgan fingerprint density at radius 1 is 1.03 bits per heavy atom. The van der Waals surface area contributed by atoms with Crippen molar-refractivity contribution in [1.29, 1.82) is 0 Å². The summed E-state index contributed by atoms with van der Waals surface area (Å²) in [5, 5.41) is 9.63. The summed E-state index contributed by atoms with van der Waals surface area (Å²) in [5.74, 6) is 0.220. The topological polar surface area (TPSA) is 131 Å². The molecule has 1 aliphatic rings. The highest BCUT2D eigenvalue weighted by Crippen LogP contribution is 2.37. The number of piperazine rings is 1. The lowest BCUT2D eigenvalue weighted by molar-refractivity contribution is 0.0240. The third kappa shape index (κ3) is 6.21. The lowest BCUT2D eigenvalue weighted by atomic mass is 10.1. The summed E-state index contributed by atoms with van der Waals surface area (Å²) in [5.41, 5.74) is 6.55. The molecule has 3 heterocycles. The Morgan fingerprint density at radius 3 is 2.38 bits per heavy atom. The van der Waals surface area contributed by atoms with Gasteiger partial charge in [0.15, 0.2) is 5.75 Å². The number of ether oxygens (including phenoxy) is 2. The number of carbonyl (C=O) groups is 2. The van der Waals surface area contributed by atoms with E-state index in [1.807, 2.05) is 32.9 Å². The van der Waals surface area contributed by atoms with E-state index >= 15 is 0 Å². The van der Waals surface area contributed by atoms with Crippen molar-refractivity contribution in [3.8, 4) is 22.6 Å². The number of hydrogen-bond acceptors (Lipinski definition) is 8. The highest BCUT2D eigenvalue weighted by atomic mass is 35.5. The van der Waals surface area contributed by atoms with Crippen molar-refractivity contribution in [1.82, 2.24) is 14.9 Å². The first-order valence-corrected chi connectivity index (χ1v) is 12.0. The molecule has 0 radical (unpaired) electrons. The molecule has 10 nitrogen and oxygen atoms in total. The maximum Gasteiger partial charge on any atom is 0.410 e. The number of carbonyl (C=O) groups excluding carboxylic acids is 1. The Balaban J connectivity index is 1.51. The van der Waals surface area contributed by atoms with Crippen LogP contribution in [-0.4, -0.2) is 63.8 Å². The number of halogens is 1. The van der Waals surface area contributed by atoms with Crippen LogP contribution in [0.3, 0.4) is 0 Å². The van der Waals surface area contributed by atoms with Crippen molar-refractivity contribution in [2.24, 2.45) is 0 Å². The summed E-state index contributed by atoms with van der Waals surface area (Å²) in [6.07, 6.45) is 2.80. The predicted octanol–water partition coefficient (Wildman–Crippen LogP) is 4.93. The molecule has 3 aromatic rings. The van der Waals surface area contributed by atoms with E-state index < -0.39 is 11.6 Å². The number of aromatic carboxylic acids is 1. The van der Waals surface area contributed by atoms with Gasteiger partial charge >= 0.3 is 12.1 Å². The Labute approximate surface area is 219 Å². The predicted molar refractivity (Wildman–Crippen MR) is 140 cm³/mol. The van der Waals surface area contributed by atoms with Crippen molar-refractivity contribution >= 4 is 35.3 Å². The lowest BCUT2D eigenvalue weighted by Gasteiger charge is -2.36. The second-order valence-corrected chi connectivity index (χ2v) is 9.89. The molecule has 0 unspecified atom stereocenters. The molecule has 11 heteroatoms. The van der Waals surface area contributed by atoms with E-state index in [9.17, 15) is 14.7 Å². The van der Waals surface area contributed by atoms with Gasteiger partial charge in [0.1, 0.15) is 28.5 Å². The molecule has 0 saturated carbocycles. The van der Waals surface area contributed by atoms with E-state index in [0.29, 0.717) is 43.1 Å². The molecule has 37 heavy (non-hydrogen) atoms. The second-order valence-electron chi connectivity index (χ2n) is 9.49. The van der Waals surface area contributed by atoms with E-state index in [-0.39, 0.29) is 28.2 Å². The molecule has 0 bridgehead atoms. The van der Waals surface area contributed by atoms with Crippen LogP contribution in [0.4, 0.5) is 16.4 Å². The summed E-state index contributed by atoms with van der Waals surface area (Å²) in [6.45, 7) is 7.84. The summed E-state index contributed by atoms with van der Waals surface area (Å²) >= 11 is 6.08. The Morgan fingerprint density at radius 2 is 1.76 bits per heavy atom. The highest BCUT2D eigenvalue weighted by Gasteiger charge is 2.26. The third-order valence-corrected chi connectivity index (χ3v) is 5.93. The number of carboxylic acids is 1. The standard InChI is InChI=1S/C26H28ClN5O5/c1-26(2,3)37-25(35)32-11-9-31(10-12-32)22-8-7-16(14-30-22)17-13-21(28)29-15-20(17)36-19-6-4-5-18(27)23(19)24(33)34/h4-8,13-15H,9-12H2,1-3H3,(H2,28,29)(H,33,34).